The number of nitrogens with zero attached hydrogens (tertiary/aromatic N) is 20. The molecule has 0 spiro atoms. The third kappa shape index (κ3) is 20.0. The van der Waals surface area contributed by atoms with Gasteiger partial charge in [0.1, 0.15) is 111 Å². The molecule has 0 amide bonds. The van der Waals surface area contributed by atoms with Crippen LogP contribution in [0.25, 0.3) is 54.9 Å². The van der Waals surface area contributed by atoms with Gasteiger partial charge in [-0.15, -0.1) is 0 Å². The average molecular weight is 1800 g/mol. The Morgan fingerprint density at radius 3 is 1.24 bits per heavy atom. The topological polar surface area (TPSA) is 378 Å². The molecular formula is C94H115F7N30. The van der Waals surface area contributed by atoms with E-state index < -0.39 is 23.4 Å². The molecule has 1 saturated heterocycles. The van der Waals surface area contributed by atoms with Gasteiger partial charge in [-0.1, -0.05) is 44.9 Å². The number of halogens is 7. The number of benzene rings is 2. The molecule has 10 N–H and O–H groups in total. The van der Waals surface area contributed by atoms with E-state index >= 15 is 0 Å². The number of aromatic amines is 5. The molecule has 1 aliphatic heterocycles. The summed E-state index contributed by atoms with van der Waals surface area (Å²) in [5.41, 5.74) is 7.61. The number of aryl methyl sites for hydroxylation is 4. The summed E-state index contributed by atoms with van der Waals surface area (Å²) >= 11 is 0. The van der Waals surface area contributed by atoms with Crippen molar-refractivity contribution in [1.82, 2.24) is 121 Å². The van der Waals surface area contributed by atoms with Crippen molar-refractivity contribution in [1.29, 1.82) is 0 Å². The van der Waals surface area contributed by atoms with E-state index in [0.29, 0.717) is 116 Å². The Hall–Kier alpha value is -13.1. The molecule has 131 heavy (non-hydrogen) atoms. The van der Waals surface area contributed by atoms with Gasteiger partial charge in [0.15, 0.2) is 28.6 Å². The zero-order chi connectivity index (χ0) is 90.2. The van der Waals surface area contributed by atoms with E-state index in [1.54, 1.807) is 18.2 Å². The lowest BCUT2D eigenvalue weighted by Gasteiger charge is -2.56. The van der Waals surface area contributed by atoms with E-state index in [4.69, 9.17) is 29.9 Å². The zero-order valence-electron chi connectivity index (χ0n) is 74.0. The minimum absolute atomic E-state index is 0. The fourth-order valence-electron chi connectivity index (χ4n) is 20.2. The van der Waals surface area contributed by atoms with E-state index in [9.17, 15) is 30.7 Å². The van der Waals surface area contributed by atoms with E-state index in [-0.39, 0.29) is 42.9 Å². The summed E-state index contributed by atoms with van der Waals surface area (Å²) in [6.45, 7) is 13.7. The van der Waals surface area contributed by atoms with Crippen LogP contribution in [0.1, 0.15) is 236 Å². The van der Waals surface area contributed by atoms with Crippen LogP contribution in [0.15, 0.2) is 97.5 Å². The molecule has 0 unspecified atom stereocenters. The van der Waals surface area contributed by atoms with Crippen molar-refractivity contribution in [2.75, 3.05) is 64.7 Å². The van der Waals surface area contributed by atoms with Crippen molar-refractivity contribution in [3.63, 3.8) is 0 Å². The van der Waals surface area contributed by atoms with Crippen LogP contribution in [0.4, 0.5) is 94.7 Å². The Kier molecular flexibility index (Phi) is 24.9. The van der Waals surface area contributed by atoms with Gasteiger partial charge in [0.25, 0.3) is 0 Å². The predicted octanol–water partition coefficient (Wildman–Crippen LogP) is 22.0. The van der Waals surface area contributed by atoms with Crippen LogP contribution in [0.3, 0.4) is 0 Å². The van der Waals surface area contributed by atoms with Crippen molar-refractivity contribution in [3.05, 3.63) is 184 Å². The Balaban J connectivity index is 0.000000135. The summed E-state index contributed by atoms with van der Waals surface area (Å²) in [4.78, 5) is 63.7. The highest BCUT2D eigenvalue weighted by Crippen LogP contribution is 2.60. The van der Waals surface area contributed by atoms with Crippen LogP contribution >= 0.6 is 0 Å². The van der Waals surface area contributed by atoms with Crippen molar-refractivity contribution in [3.8, 4) is 0 Å². The maximum Gasteiger partial charge on any atom is 0.248 e. The summed E-state index contributed by atoms with van der Waals surface area (Å²) in [6.07, 6.45) is 27.4. The Morgan fingerprint density at radius 2 is 0.779 bits per heavy atom. The van der Waals surface area contributed by atoms with E-state index in [1.807, 2.05) is 52.8 Å². The predicted molar refractivity (Wildman–Crippen MR) is 498 cm³/mol. The lowest BCUT2D eigenvalue weighted by molar-refractivity contribution is -0.0387. The molecule has 8 saturated carbocycles. The first-order valence-electron chi connectivity index (χ1n) is 45.7. The first-order valence-corrected chi connectivity index (χ1v) is 45.7. The maximum atomic E-state index is 13.8. The number of likely N-dealkylation sites (N-methyl/N-ethyl adjacent to an activating group) is 1. The highest BCUT2D eigenvalue weighted by Gasteiger charge is 2.53. The number of alkyl halides is 2. The SMILES string of the molecule is CN1CCN(c2cc(Nc3n[nH]c4ccc(F)cc34)nc(C3CCCCC3)n2)CC1.Cc1cc(Nc2[nH]nc3ncc(F)cc23)nc(C2CCC(F)(F)CC2)n1.Cc1cc(Nc2[nH]nc3ncc(F)cc23)nc(C2CCC2)n1.Cc1cc(Nc2n[nH]c3ccc(F)cc23)nc(C23CC4CC(CC(C4)C2)C3)n1.Cc1nc(C2CCCCC2)nc(Nc2[nH]nc3ncc(F)cc23)c1C.[HH].[HH].[HH].[HH].[HH]. The Morgan fingerprint density at radius 1 is 0.374 bits per heavy atom. The third-order valence-electron chi connectivity index (χ3n) is 27.0. The molecule has 15 aromatic rings. The van der Waals surface area contributed by atoms with Gasteiger partial charge in [0.05, 0.1) is 45.8 Å². The number of piperazine rings is 1. The molecule has 24 rings (SSSR count). The Bertz CT molecular complexity index is 6610. The fourth-order valence-corrected chi connectivity index (χ4v) is 20.2. The molecule has 13 aromatic heterocycles. The molecule has 690 valence electrons. The number of H-pyrrole nitrogens is 5. The number of aromatic nitrogens is 23. The maximum absolute atomic E-state index is 13.8. The van der Waals surface area contributed by atoms with Crippen LogP contribution in [0.5, 0.6) is 0 Å². The van der Waals surface area contributed by atoms with Gasteiger partial charge in [0.2, 0.25) is 5.92 Å². The summed E-state index contributed by atoms with van der Waals surface area (Å²) in [5.74, 6) is 10.8. The lowest BCUT2D eigenvalue weighted by Crippen LogP contribution is -2.49. The zero-order valence-corrected chi connectivity index (χ0v) is 74.0. The van der Waals surface area contributed by atoms with Crippen LogP contribution in [0, 0.1) is 81.5 Å². The van der Waals surface area contributed by atoms with Crippen molar-refractivity contribution < 1.29 is 37.9 Å². The van der Waals surface area contributed by atoms with Gasteiger partial charge < -0.3 is 36.4 Å². The minimum atomic E-state index is -2.59. The molecule has 0 atom stereocenters. The number of fused-ring (bicyclic) bond motifs is 5. The van der Waals surface area contributed by atoms with Crippen molar-refractivity contribution >= 4 is 119 Å². The first kappa shape index (κ1) is 87.2. The van der Waals surface area contributed by atoms with Crippen LogP contribution in [0.2, 0.25) is 0 Å². The van der Waals surface area contributed by atoms with Gasteiger partial charge in [-0.05, 0) is 204 Å². The number of rotatable bonds is 16. The molecule has 9 fully saturated rings. The number of hydrogen-bond donors (Lipinski definition) is 10. The van der Waals surface area contributed by atoms with Gasteiger partial charge >= 0.3 is 0 Å². The molecule has 9 aliphatic rings. The molecule has 8 aliphatic carbocycles. The van der Waals surface area contributed by atoms with Gasteiger partial charge in [-0.25, -0.2) is 95.5 Å². The van der Waals surface area contributed by atoms with E-state index in [0.717, 1.165) is 192 Å². The van der Waals surface area contributed by atoms with Gasteiger partial charge in [-0.2, -0.15) is 25.5 Å². The second kappa shape index (κ2) is 37.4. The number of nitrogens with one attached hydrogen (secondary N) is 10. The fraction of sp³-hybridized carbons (Fsp3) is 0.447. The summed E-state index contributed by atoms with van der Waals surface area (Å²) < 4.78 is 94.6. The second-order valence-corrected chi connectivity index (χ2v) is 36.8. The number of anilines is 11. The molecule has 4 bridgehead atoms. The number of hydrogen-bond acceptors (Lipinski definition) is 25. The molecule has 2 aromatic carbocycles. The van der Waals surface area contributed by atoms with Gasteiger partial charge in [0, 0.05) is 139 Å². The van der Waals surface area contributed by atoms with Crippen molar-refractivity contribution in [2.24, 2.45) is 17.8 Å². The van der Waals surface area contributed by atoms with E-state index in [1.165, 1.54) is 126 Å². The molecule has 30 nitrogen and oxygen atoms in total. The molecular weight excluding hydrogens is 1680 g/mol. The lowest BCUT2D eigenvalue weighted by atomic mass is 9.49. The molecule has 0 radical (unpaired) electrons. The second-order valence-electron chi connectivity index (χ2n) is 36.8. The summed E-state index contributed by atoms with van der Waals surface area (Å²) in [7, 11) is 2.15. The van der Waals surface area contributed by atoms with Crippen LogP contribution < -0.4 is 31.5 Å². The van der Waals surface area contributed by atoms with E-state index in [2.05, 4.69) is 129 Å². The molecule has 14 heterocycles. The third-order valence-corrected chi connectivity index (χ3v) is 27.0. The highest BCUT2D eigenvalue weighted by atomic mass is 19.3. The smallest absolute Gasteiger partial charge is 0.248 e. The van der Waals surface area contributed by atoms with Crippen LogP contribution in [-0.4, -0.2) is 160 Å². The normalized spacial score (nSPS) is 19.9. The highest BCUT2D eigenvalue weighted by molar-refractivity contribution is 5.93. The van der Waals surface area contributed by atoms with Crippen molar-refractivity contribution in [2.45, 2.75) is 217 Å². The standard InChI is InChI=1S/C22H28FN7.C22H24FN5.C18H21FN6.C17H17F3N6.C15H15FN6.5H2/c1-29-9-11-30(12-10-29)20-14-19(24-21(26-20)15-5-3-2-4-6-15)25-22-17-13-16(23)7-8-18(17)27-28-22;1-12-4-19(25-20-17-8-16(23)2-3-18(17)27-28-20)26-21(24-12)22-9-13-5-14(10-22)7-15(6-13)11-22;1-10-11(2)21-16(12-6-4-3-5-7-12)22-15(10)23-18-14-8-13(19)9-20-17(14)24-25-18;1-9-6-13(23-14(22-9)10-2-4-17(19,20)5-3-10)24-16-12-7-11(18)8-21-15(12)25-26-16;1-8-5-12(19-13(18-8)9-3-2-4-9)20-15-11-6-10(16)7-17-14(11)21-22-15;;;;;/h7-8,13-15H,2-6,9-12H2,1H3,(H2,24,25,26,27,28);2-4,8,13-15H,5-7,9-11H2,1H3,(H2,24,25,26,27,28);8-9,12H,3-7H2,1-2H3,(H2,20,21,22,23,24,25);6-8,10H,2-5H2,1H3,(H2,21,22,23,24,25,26);5-7,9H,2-4H2,1H3,(H2,17,18,19,20,21,22);5*1H. The number of pyridine rings is 3. The monoisotopic (exact) mass is 1800 g/mol. The largest absolute Gasteiger partial charge is 0.354 e. The summed E-state index contributed by atoms with van der Waals surface area (Å²) in [6, 6.07) is 20.9. The quantitative estimate of drug-likeness (QED) is 0.0402. The summed E-state index contributed by atoms with van der Waals surface area (Å²) in [5, 5.41) is 54.5. The average Bonchev–Trinajstić information content (AvgIpc) is 1.05. The van der Waals surface area contributed by atoms with Gasteiger partial charge in [-0.3, -0.25) is 25.5 Å². The van der Waals surface area contributed by atoms with Crippen LogP contribution in [-0.2, 0) is 5.41 Å². The molecule has 37 heteroatoms. The first-order chi connectivity index (χ1) is 63.4. The minimum Gasteiger partial charge on any atom is -0.354 e. The Labute approximate surface area is 757 Å².